The van der Waals surface area contributed by atoms with Gasteiger partial charge in [-0.05, 0) is 19.1 Å². The number of hydrogen-bond donors (Lipinski definition) is 2. The average molecular weight is 304 g/mol. The summed E-state index contributed by atoms with van der Waals surface area (Å²) in [4.78, 5) is 6.86. The van der Waals surface area contributed by atoms with Crippen molar-refractivity contribution in [3.63, 3.8) is 0 Å². The van der Waals surface area contributed by atoms with Gasteiger partial charge in [-0.3, -0.25) is 0 Å². The van der Waals surface area contributed by atoms with E-state index in [2.05, 4.69) is 37.5 Å². The molecule has 0 spiro atoms. The molecule has 0 saturated carbocycles. The van der Waals surface area contributed by atoms with Crippen molar-refractivity contribution in [2.45, 2.75) is 13.0 Å². The number of allylic oxidation sites excluding steroid dienone is 1. The van der Waals surface area contributed by atoms with E-state index in [1.165, 1.54) is 0 Å². The predicted octanol–water partition coefficient (Wildman–Crippen LogP) is 0.874. The molecule has 0 aromatic carbocycles. The zero-order valence-electron chi connectivity index (χ0n) is 11.6. The van der Waals surface area contributed by atoms with Crippen LogP contribution in [0, 0.1) is 6.92 Å². The van der Waals surface area contributed by atoms with Crippen LogP contribution in [0.25, 0.3) is 0 Å². The molecular formula is C13H16N6OS. The SMILES string of the molecule is Cc1csc([C@H]2CN(C3=CN4NNN=C4C=C3)CCO2)n1. The first-order valence-electron chi connectivity index (χ1n) is 6.86. The molecule has 0 amide bonds. The summed E-state index contributed by atoms with van der Waals surface area (Å²) >= 11 is 1.67. The molecule has 2 N–H and O–H groups in total. The van der Waals surface area contributed by atoms with Crippen molar-refractivity contribution in [1.29, 1.82) is 0 Å². The van der Waals surface area contributed by atoms with Crippen LogP contribution < -0.4 is 11.1 Å². The minimum absolute atomic E-state index is 0.0477. The smallest absolute Gasteiger partial charge is 0.170 e. The number of nitrogens with zero attached hydrogens (tertiary/aromatic N) is 4. The van der Waals surface area contributed by atoms with E-state index in [-0.39, 0.29) is 6.10 Å². The Kier molecular flexibility index (Phi) is 3.13. The van der Waals surface area contributed by atoms with Crippen molar-refractivity contribution >= 4 is 17.2 Å². The van der Waals surface area contributed by atoms with Gasteiger partial charge < -0.3 is 9.64 Å². The first kappa shape index (κ1) is 12.8. The molecular weight excluding hydrogens is 288 g/mol. The second-order valence-corrected chi connectivity index (χ2v) is 5.97. The fourth-order valence-corrected chi connectivity index (χ4v) is 3.37. The summed E-state index contributed by atoms with van der Waals surface area (Å²) < 4.78 is 5.87. The van der Waals surface area contributed by atoms with Gasteiger partial charge in [0.05, 0.1) is 18.8 Å². The largest absolute Gasteiger partial charge is 0.367 e. The van der Waals surface area contributed by atoms with E-state index in [1.54, 1.807) is 11.3 Å². The molecule has 0 bridgehead atoms. The van der Waals surface area contributed by atoms with Gasteiger partial charge in [0.2, 0.25) is 0 Å². The summed E-state index contributed by atoms with van der Waals surface area (Å²) in [6.45, 7) is 4.42. The minimum atomic E-state index is 0.0477. The van der Waals surface area contributed by atoms with E-state index in [9.17, 15) is 0 Å². The van der Waals surface area contributed by atoms with Crippen molar-refractivity contribution in [3.8, 4) is 0 Å². The van der Waals surface area contributed by atoms with Crippen molar-refractivity contribution in [2.75, 3.05) is 19.7 Å². The van der Waals surface area contributed by atoms with Crippen LogP contribution in [0.1, 0.15) is 16.8 Å². The van der Waals surface area contributed by atoms with Crippen LogP contribution in [0.3, 0.4) is 0 Å². The Bertz CT molecular complexity index is 636. The molecule has 1 atom stereocenters. The first-order chi connectivity index (χ1) is 10.3. The van der Waals surface area contributed by atoms with Crippen LogP contribution in [0.15, 0.2) is 34.5 Å². The molecule has 7 nitrogen and oxygen atoms in total. The number of ether oxygens (including phenoxy) is 1. The predicted molar refractivity (Wildman–Crippen MR) is 79.9 cm³/mol. The van der Waals surface area contributed by atoms with Crippen LogP contribution in [0.2, 0.25) is 0 Å². The lowest BCUT2D eigenvalue weighted by Gasteiger charge is -2.35. The molecule has 0 aliphatic carbocycles. The van der Waals surface area contributed by atoms with Gasteiger partial charge in [-0.1, -0.05) is 0 Å². The van der Waals surface area contributed by atoms with Crippen LogP contribution in [-0.4, -0.2) is 40.4 Å². The Labute approximate surface area is 126 Å². The third-order valence-electron chi connectivity index (χ3n) is 3.60. The van der Waals surface area contributed by atoms with Crippen molar-refractivity contribution in [2.24, 2.45) is 5.10 Å². The number of hydrogen-bond acceptors (Lipinski definition) is 8. The van der Waals surface area contributed by atoms with Crippen LogP contribution in [0.4, 0.5) is 0 Å². The lowest BCUT2D eigenvalue weighted by Crippen LogP contribution is -2.42. The van der Waals surface area contributed by atoms with E-state index in [0.717, 1.165) is 35.3 Å². The van der Waals surface area contributed by atoms with E-state index in [0.29, 0.717) is 6.61 Å². The number of nitrogens with one attached hydrogen (secondary N) is 2. The average Bonchev–Trinajstić information content (AvgIpc) is 3.15. The Balaban J connectivity index is 1.51. The number of thiazole rings is 1. The van der Waals surface area contributed by atoms with Crippen molar-refractivity contribution < 1.29 is 4.74 Å². The molecule has 3 aliphatic heterocycles. The summed E-state index contributed by atoms with van der Waals surface area (Å²) in [7, 11) is 0. The maximum Gasteiger partial charge on any atom is 0.170 e. The molecule has 1 aromatic rings. The van der Waals surface area contributed by atoms with Crippen molar-refractivity contribution in [1.82, 2.24) is 26.0 Å². The number of hydrazine groups is 2. The number of hydrazone groups is 1. The maximum atomic E-state index is 5.87. The molecule has 1 fully saturated rings. The molecule has 21 heavy (non-hydrogen) atoms. The highest BCUT2D eigenvalue weighted by atomic mass is 32.1. The highest BCUT2D eigenvalue weighted by Gasteiger charge is 2.27. The normalized spacial score (nSPS) is 24.5. The monoisotopic (exact) mass is 304 g/mol. The topological polar surface area (TPSA) is 65.0 Å². The molecule has 4 rings (SSSR count). The van der Waals surface area contributed by atoms with Gasteiger partial charge in [0.25, 0.3) is 0 Å². The minimum Gasteiger partial charge on any atom is -0.367 e. The summed E-state index contributed by atoms with van der Waals surface area (Å²) in [5.41, 5.74) is 7.90. The molecule has 8 heteroatoms. The molecule has 3 aliphatic rings. The van der Waals surface area contributed by atoms with Gasteiger partial charge in [-0.25, -0.2) is 15.5 Å². The van der Waals surface area contributed by atoms with E-state index in [4.69, 9.17) is 4.74 Å². The Morgan fingerprint density at radius 3 is 3.24 bits per heavy atom. The van der Waals surface area contributed by atoms with Gasteiger partial charge in [0, 0.05) is 23.8 Å². The number of rotatable bonds is 2. The standard InChI is InChI=1S/C13H16N6OS/c1-9-8-21-13(14-9)11-7-18(4-5-20-11)10-2-3-12-15-16-17-19(12)6-10/h2-3,6,8,11,16-17H,4-5,7H2,1H3/t11-/m1/s1. The van der Waals surface area contributed by atoms with Crippen LogP contribution in [-0.2, 0) is 4.74 Å². The van der Waals surface area contributed by atoms with Gasteiger partial charge in [0.15, 0.2) is 5.84 Å². The lowest BCUT2D eigenvalue weighted by atomic mass is 10.2. The quantitative estimate of drug-likeness (QED) is 0.845. The van der Waals surface area contributed by atoms with Gasteiger partial charge in [-0.2, -0.15) is 0 Å². The molecule has 110 valence electrons. The summed E-state index contributed by atoms with van der Waals surface area (Å²) in [5.74, 6) is 0.860. The molecule has 0 radical (unpaired) electrons. The number of aromatic nitrogens is 1. The van der Waals surface area contributed by atoms with E-state index < -0.39 is 0 Å². The molecule has 4 heterocycles. The number of aryl methyl sites for hydroxylation is 1. The summed E-state index contributed by atoms with van der Waals surface area (Å²) in [5, 5.41) is 9.10. The second kappa shape index (κ2) is 5.14. The van der Waals surface area contributed by atoms with E-state index >= 15 is 0 Å². The zero-order valence-corrected chi connectivity index (χ0v) is 12.4. The number of amidine groups is 1. The lowest BCUT2D eigenvalue weighted by molar-refractivity contribution is -0.0175. The number of morpholine rings is 1. The third-order valence-corrected chi connectivity index (χ3v) is 4.65. The maximum absolute atomic E-state index is 5.87. The Morgan fingerprint density at radius 2 is 2.38 bits per heavy atom. The van der Waals surface area contributed by atoms with E-state index in [1.807, 2.05) is 24.2 Å². The third kappa shape index (κ3) is 2.41. The highest BCUT2D eigenvalue weighted by Crippen LogP contribution is 2.27. The Hall–Kier alpha value is -1.90. The van der Waals surface area contributed by atoms with Crippen LogP contribution in [0.5, 0.6) is 0 Å². The van der Waals surface area contributed by atoms with Gasteiger partial charge in [-0.15, -0.1) is 22.0 Å². The Morgan fingerprint density at radius 1 is 1.43 bits per heavy atom. The zero-order chi connectivity index (χ0) is 14.2. The summed E-state index contributed by atoms with van der Waals surface area (Å²) in [6.07, 6.45) is 6.15. The fourth-order valence-electron chi connectivity index (χ4n) is 2.54. The second-order valence-electron chi connectivity index (χ2n) is 5.08. The summed E-state index contributed by atoms with van der Waals surface area (Å²) in [6, 6.07) is 0. The fraction of sp³-hybridized carbons (Fsp3) is 0.385. The molecule has 1 aromatic heterocycles. The highest BCUT2D eigenvalue weighted by molar-refractivity contribution is 7.09. The molecule has 0 unspecified atom stereocenters. The van der Waals surface area contributed by atoms with Crippen molar-refractivity contribution in [3.05, 3.63) is 40.1 Å². The van der Waals surface area contributed by atoms with Crippen LogP contribution >= 0.6 is 11.3 Å². The van der Waals surface area contributed by atoms with Gasteiger partial charge in [0.1, 0.15) is 11.1 Å². The molecule has 1 saturated heterocycles. The van der Waals surface area contributed by atoms with Gasteiger partial charge >= 0.3 is 0 Å². The number of fused-ring (bicyclic) bond motifs is 1. The first-order valence-corrected chi connectivity index (χ1v) is 7.73.